The lowest BCUT2D eigenvalue weighted by atomic mass is 9.77. The third-order valence-electron chi connectivity index (χ3n) is 3.67. The fourth-order valence-electron chi connectivity index (χ4n) is 2.52. The maximum atomic E-state index is 11.1. The zero-order chi connectivity index (χ0) is 10.2. The summed E-state index contributed by atoms with van der Waals surface area (Å²) >= 11 is 0. The number of ether oxygens (including phenoxy) is 1. The van der Waals surface area contributed by atoms with Crippen LogP contribution in [0, 0.1) is 5.92 Å². The Morgan fingerprint density at radius 1 is 1.50 bits per heavy atom. The minimum absolute atomic E-state index is 0.0150. The monoisotopic (exact) mass is 194 g/mol. The highest BCUT2D eigenvalue weighted by molar-refractivity contribution is 5.72. The lowest BCUT2D eigenvalue weighted by Crippen LogP contribution is -2.35. The van der Waals surface area contributed by atoms with Gasteiger partial charge in [-0.05, 0) is 39.5 Å². The van der Waals surface area contributed by atoms with Crippen LogP contribution in [0.1, 0.15) is 46.0 Å². The Morgan fingerprint density at radius 3 is 2.79 bits per heavy atom. The van der Waals surface area contributed by atoms with Crippen LogP contribution in [0.5, 0.6) is 0 Å². The van der Waals surface area contributed by atoms with E-state index in [9.17, 15) is 4.79 Å². The number of hydrogen-bond acceptors (Lipinski definition) is 2. The van der Waals surface area contributed by atoms with Crippen molar-refractivity contribution in [2.75, 3.05) is 0 Å². The molecule has 0 bridgehead atoms. The molecule has 0 aromatic rings. The van der Waals surface area contributed by atoms with Crippen LogP contribution in [-0.4, -0.2) is 11.6 Å². The van der Waals surface area contributed by atoms with E-state index >= 15 is 0 Å². The third kappa shape index (κ3) is 1.70. The van der Waals surface area contributed by atoms with Crippen molar-refractivity contribution in [3.05, 3.63) is 11.6 Å². The van der Waals surface area contributed by atoms with E-state index < -0.39 is 0 Å². The van der Waals surface area contributed by atoms with Gasteiger partial charge in [0.15, 0.2) is 0 Å². The molecular formula is C12H18O2. The molecule has 1 heterocycles. The normalized spacial score (nSPS) is 38.0. The van der Waals surface area contributed by atoms with Crippen LogP contribution in [-0.2, 0) is 9.53 Å². The largest absolute Gasteiger partial charge is 0.459 e. The molecule has 1 fully saturated rings. The van der Waals surface area contributed by atoms with E-state index in [1.165, 1.54) is 12.0 Å². The summed E-state index contributed by atoms with van der Waals surface area (Å²) in [5.41, 5.74) is 1.31. The van der Waals surface area contributed by atoms with Crippen molar-refractivity contribution in [3.8, 4) is 0 Å². The summed E-state index contributed by atoms with van der Waals surface area (Å²) in [6, 6.07) is 0. The molecule has 2 rings (SSSR count). The molecule has 1 aliphatic heterocycles. The highest BCUT2D eigenvalue weighted by Gasteiger charge is 2.42. The molecule has 0 amide bonds. The first-order chi connectivity index (χ1) is 6.60. The average Bonchev–Trinajstić information content (AvgIpc) is 2.48. The van der Waals surface area contributed by atoms with E-state index in [1.807, 2.05) is 0 Å². The molecular weight excluding hydrogens is 176 g/mol. The molecule has 2 atom stereocenters. The van der Waals surface area contributed by atoms with Gasteiger partial charge in [-0.25, -0.2) is 0 Å². The van der Waals surface area contributed by atoms with Gasteiger partial charge in [0, 0.05) is 12.3 Å². The van der Waals surface area contributed by atoms with Crippen LogP contribution in [0.4, 0.5) is 0 Å². The number of rotatable bonds is 1. The second kappa shape index (κ2) is 3.41. The summed E-state index contributed by atoms with van der Waals surface area (Å²) in [4.78, 5) is 11.1. The van der Waals surface area contributed by atoms with Crippen molar-refractivity contribution in [1.29, 1.82) is 0 Å². The van der Waals surface area contributed by atoms with Crippen molar-refractivity contribution < 1.29 is 9.53 Å². The Hall–Kier alpha value is -0.790. The first-order valence-corrected chi connectivity index (χ1v) is 5.48. The van der Waals surface area contributed by atoms with Crippen LogP contribution in [0.2, 0.25) is 0 Å². The highest BCUT2D eigenvalue weighted by Crippen LogP contribution is 2.40. The number of esters is 1. The van der Waals surface area contributed by atoms with Gasteiger partial charge < -0.3 is 4.74 Å². The SMILES string of the molecule is CC1=CCC(C2(C)CCC(=O)O2)CC1. The van der Waals surface area contributed by atoms with Crippen LogP contribution in [0.25, 0.3) is 0 Å². The number of carbonyl (C=O) groups excluding carboxylic acids is 1. The average molecular weight is 194 g/mol. The molecule has 1 aliphatic carbocycles. The standard InChI is InChI=1S/C12H18O2/c1-9-3-5-10(6-4-9)12(2)8-7-11(13)14-12/h3,10H,4-8H2,1-2H3. The smallest absolute Gasteiger partial charge is 0.306 e. The summed E-state index contributed by atoms with van der Waals surface area (Å²) in [5, 5.41) is 0. The molecule has 2 unspecified atom stereocenters. The molecule has 78 valence electrons. The Morgan fingerprint density at radius 2 is 2.29 bits per heavy atom. The predicted octanol–water partition coefficient (Wildman–Crippen LogP) is 2.83. The summed E-state index contributed by atoms with van der Waals surface area (Å²) in [5.74, 6) is 0.524. The molecule has 1 saturated heterocycles. The Labute approximate surface area is 85.3 Å². The summed E-state index contributed by atoms with van der Waals surface area (Å²) < 4.78 is 5.46. The van der Waals surface area contributed by atoms with Gasteiger partial charge in [0.05, 0.1) is 0 Å². The van der Waals surface area contributed by atoms with Gasteiger partial charge in [-0.15, -0.1) is 0 Å². The fraction of sp³-hybridized carbons (Fsp3) is 0.750. The second-order valence-corrected chi connectivity index (χ2v) is 4.81. The molecule has 2 nitrogen and oxygen atoms in total. The molecule has 0 aromatic heterocycles. The Kier molecular flexibility index (Phi) is 2.38. The minimum atomic E-state index is -0.172. The van der Waals surface area contributed by atoms with E-state index in [1.54, 1.807) is 0 Å². The third-order valence-corrected chi connectivity index (χ3v) is 3.67. The first kappa shape index (κ1) is 9.75. The van der Waals surface area contributed by atoms with Gasteiger partial charge in [-0.3, -0.25) is 4.79 Å². The number of carbonyl (C=O) groups is 1. The molecule has 14 heavy (non-hydrogen) atoms. The van der Waals surface area contributed by atoms with Gasteiger partial charge in [0.2, 0.25) is 0 Å². The summed E-state index contributed by atoms with van der Waals surface area (Å²) in [7, 11) is 0. The molecule has 0 spiro atoms. The lowest BCUT2D eigenvalue weighted by Gasteiger charge is -2.34. The van der Waals surface area contributed by atoms with Crippen molar-refractivity contribution in [2.45, 2.75) is 51.6 Å². The maximum Gasteiger partial charge on any atom is 0.306 e. The van der Waals surface area contributed by atoms with Crippen LogP contribution in [0.3, 0.4) is 0 Å². The highest BCUT2D eigenvalue weighted by atomic mass is 16.6. The molecule has 0 radical (unpaired) electrons. The van der Waals surface area contributed by atoms with Gasteiger partial charge >= 0.3 is 5.97 Å². The minimum Gasteiger partial charge on any atom is -0.459 e. The van der Waals surface area contributed by atoms with Gasteiger partial charge in [0.1, 0.15) is 5.60 Å². The van der Waals surface area contributed by atoms with E-state index in [0.29, 0.717) is 12.3 Å². The van der Waals surface area contributed by atoms with Gasteiger partial charge in [0.25, 0.3) is 0 Å². The molecule has 2 aliphatic rings. The Bertz CT molecular complexity index is 280. The number of cyclic esters (lactones) is 1. The van der Waals surface area contributed by atoms with Crippen LogP contribution < -0.4 is 0 Å². The maximum absolute atomic E-state index is 11.1. The van der Waals surface area contributed by atoms with Crippen LogP contribution >= 0.6 is 0 Å². The lowest BCUT2D eigenvalue weighted by molar-refractivity contribution is -0.151. The van der Waals surface area contributed by atoms with Crippen molar-refractivity contribution >= 4 is 5.97 Å². The fourth-order valence-corrected chi connectivity index (χ4v) is 2.52. The summed E-state index contributed by atoms with van der Waals surface area (Å²) in [6.45, 7) is 4.27. The van der Waals surface area contributed by atoms with Crippen molar-refractivity contribution in [2.24, 2.45) is 5.92 Å². The molecule has 0 saturated carbocycles. The molecule has 2 heteroatoms. The van der Waals surface area contributed by atoms with E-state index in [-0.39, 0.29) is 11.6 Å². The second-order valence-electron chi connectivity index (χ2n) is 4.81. The van der Waals surface area contributed by atoms with Crippen molar-refractivity contribution in [1.82, 2.24) is 0 Å². The van der Waals surface area contributed by atoms with E-state index in [0.717, 1.165) is 19.3 Å². The molecule has 0 N–H and O–H groups in total. The first-order valence-electron chi connectivity index (χ1n) is 5.48. The number of hydrogen-bond donors (Lipinski definition) is 0. The Balaban J connectivity index is 2.05. The summed E-state index contributed by atoms with van der Waals surface area (Å²) in [6.07, 6.45) is 7.23. The van der Waals surface area contributed by atoms with Gasteiger partial charge in [-0.2, -0.15) is 0 Å². The van der Waals surface area contributed by atoms with Gasteiger partial charge in [-0.1, -0.05) is 11.6 Å². The zero-order valence-corrected chi connectivity index (χ0v) is 9.01. The number of allylic oxidation sites excluding steroid dienone is 2. The van der Waals surface area contributed by atoms with E-state index in [4.69, 9.17) is 4.74 Å². The zero-order valence-electron chi connectivity index (χ0n) is 9.01. The molecule has 0 aromatic carbocycles. The van der Waals surface area contributed by atoms with Crippen LogP contribution in [0.15, 0.2) is 11.6 Å². The quantitative estimate of drug-likeness (QED) is 0.474. The van der Waals surface area contributed by atoms with Crippen molar-refractivity contribution in [3.63, 3.8) is 0 Å². The predicted molar refractivity (Wildman–Crippen MR) is 54.8 cm³/mol. The van der Waals surface area contributed by atoms with E-state index in [2.05, 4.69) is 19.9 Å². The topological polar surface area (TPSA) is 26.3 Å².